The SMILES string of the molecule is C#CC(C)(C)NC(=O)N1CCC(C(=O)O)C1C. The van der Waals surface area contributed by atoms with Crippen LogP contribution in [0.1, 0.15) is 27.2 Å². The first-order valence-corrected chi connectivity index (χ1v) is 5.58. The molecule has 0 aliphatic carbocycles. The second kappa shape index (κ2) is 4.66. The van der Waals surface area contributed by atoms with Crippen molar-refractivity contribution in [2.45, 2.75) is 38.8 Å². The van der Waals surface area contributed by atoms with Crippen LogP contribution in [0.3, 0.4) is 0 Å². The van der Waals surface area contributed by atoms with Gasteiger partial charge in [0.25, 0.3) is 0 Å². The number of urea groups is 1. The number of carbonyl (C=O) groups excluding carboxylic acids is 1. The quantitative estimate of drug-likeness (QED) is 0.702. The molecule has 0 aromatic rings. The smallest absolute Gasteiger partial charge is 0.318 e. The van der Waals surface area contributed by atoms with E-state index in [9.17, 15) is 9.59 Å². The van der Waals surface area contributed by atoms with Crippen molar-refractivity contribution < 1.29 is 14.7 Å². The molecule has 2 amide bonds. The second-order valence-corrected chi connectivity index (χ2v) is 4.87. The van der Waals surface area contributed by atoms with Crippen LogP contribution in [0.4, 0.5) is 4.79 Å². The summed E-state index contributed by atoms with van der Waals surface area (Å²) in [4.78, 5) is 24.4. The Balaban J connectivity index is 2.68. The highest BCUT2D eigenvalue weighted by Crippen LogP contribution is 2.24. The molecule has 0 aromatic heterocycles. The molecule has 0 spiro atoms. The lowest BCUT2D eigenvalue weighted by Gasteiger charge is -2.28. The number of carboxylic acid groups (broad SMARTS) is 1. The number of aliphatic carboxylic acids is 1. The van der Waals surface area contributed by atoms with Crippen molar-refractivity contribution in [2.75, 3.05) is 6.54 Å². The van der Waals surface area contributed by atoms with Crippen molar-refractivity contribution in [3.63, 3.8) is 0 Å². The van der Waals surface area contributed by atoms with Crippen molar-refractivity contribution in [1.29, 1.82) is 0 Å². The molecule has 1 aliphatic heterocycles. The Hall–Kier alpha value is -1.70. The maximum Gasteiger partial charge on any atom is 0.318 e. The van der Waals surface area contributed by atoms with Crippen molar-refractivity contribution >= 4 is 12.0 Å². The van der Waals surface area contributed by atoms with Gasteiger partial charge in [-0.05, 0) is 27.2 Å². The molecule has 0 saturated carbocycles. The summed E-state index contributed by atoms with van der Waals surface area (Å²) in [5, 5.41) is 11.7. The molecule has 1 fully saturated rings. The molecule has 17 heavy (non-hydrogen) atoms. The molecule has 5 nitrogen and oxygen atoms in total. The molecular weight excluding hydrogens is 220 g/mol. The lowest BCUT2D eigenvalue weighted by Crippen LogP contribution is -2.51. The Kier molecular flexibility index (Phi) is 3.66. The van der Waals surface area contributed by atoms with Crippen molar-refractivity contribution in [2.24, 2.45) is 5.92 Å². The van der Waals surface area contributed by atoms with Gasteiger partial charge in [0.2, 0.25) is 0 Å². The van der Waals surface area contributed by atoms with Gasteiger partial charge in [-0.2, -0.15) is 0 Å². The first-order valence-electron chi connectivity index (χ1n) is 5.58. The number of nitrogens with zero attached hydrogens (tertiary/aromatic N) is 1. The third-order valence-corrected chi connectivity index (χ3v) is 3.11. The lowest BCUT2D eigenvalue weighted by molar-refractivity contribution is -0.142. The predicted molar refractivity (Wildman–Crippen MR) is 63.4 cm³/mol. The zero-order chi connectivity index (χ0) is 13.2. The average Bonchev–Trinajstić information content (AvgIpc) is 2.59. The number of amides is 2. The zero-order valence-corrected chi connectivity index (χ0v) is 10.4. The van der Waals surface area contributed by atoms with Gasteiger partial charge in [0.15, 0.2) is 0 Å². The fraction of sp³-hybridized carbons (Fsp3) is 0.667. The number of nitrogens with one attached hydrogen (secondary N) is 1. The monoisotopic (exact) mass is 238 g/mol. The Morgan fingerprint density at radius 2 is 2.12 bits per heavy atom. The van der Waals surface area contributed by atoms with E-state index in [1.165, 1.54) is 4.90 Å². The van der Waals surface area contributed by atoms with E-state index in [0.717, 1.165) is 0 Å². The van der Waals surface area contributed by atoms with E-state index in [4.69, 9.17) is 11.5 Å². The molecule has 2 atom stereocenters. The van der Waals surface area contributed by atoms with Crippen LogP contribution in [-0.4, -0.2) is 40.1 Å². The molecule has 5 heteroatoms. The van der Waals surface area contributed by atoms with Gasteiger partial charge in [0, 0.05) is 12.6 Å². The van der Waals surface area contributed by atoms with Gasteiger partial charge < -0.3 is 15.3 Å². The van der Waals surface area contributed by atoms with Crippen LogP contribution in [0.25, 0.3) is 0 Å². The van der Waals surface area contributed by atoms with E-state index in [2.05, 4.69) is 11.2 Å². The summed E-state index contributed by atoms with van der Waals surface area (Å²) in [6.45, 7) is 5.64. The van der Waals surface area contributed by atoms with E-state index in [1.807, 2.05) is 0 Å². The van der Waals surface area contributed by atoms with E-state index < -0.39 is 17.4 Å². The third-order valence-electron chi connectivity index (χ3n) is 3.11. The van der Waals surface area contributed by atoms with Crippen LogP contribution >= 0.6 is 0 Å². The molecule has 94 valence electrons. The summed E-state index contributed by atoms with van der Waals surface area (Å²) >= 11 is 0. The van der Waals surface area contributed by atoms with Crippen molar-refractivity contribution in [3.8, 4) is 12.3 Å². The van der Waals surface area contributed by atoms with Crippen LogP contribution < -0.4 is 5.32 Å². The maximum atomic E-state index is 11.9. The molecular formula is C12H18N2O3. The minimum Gasteiger partial charge on any atom is -0.481 e. The lowest BCUT2D eigenvalue weighted by atomic mass is 10.0. The zero-order valence-electron chi connectivity index (χ0n) is 10.4. The summed E-state index contributed by atoms with van der Waals surface area (Å²) in [5.41, 5.74) is -0.724. The Morgan fingerprint density at radius 3 is 2.53 bits per heavy atom. The second-order valence-electron chi connectivity index (χ2n) is 4.87. The first kappa shape index (κ1) is 13.4. The van der Waals surface area contributed by atoms with Crippen molar-refractivity contribution in [3.05, 3.63) is 0 Å². The molecule has 1 saturated heterocycles. The van der Waals surface area contributed by atoms with Crippen LogP contribution in [0.5, 0.6) is 0 Å². The molecule has 2 N–H and O–H groups in total. The maximum absolute atomic E-state index is 11.9. The topological polar surface area (TPSA) is 69.6 Å². The molecule has 0 bridgehead atoms. The normalized spacial score (nSPS) is 24.2. The Morgan fingerprint density at radius 1 is 1.53 bits per heavy atom. The fourth-order valence-corrected chi connectivity index (χ4v) is 1.93. The predicted octanol–water partition coefficient (Wildman–Crippen LogP) is 0.903. The molecule has 1 rings (SSSR count). The summed E-state index contributed by atoms with van der Waals surface area (Å²) in [6, 6.07) is -0.606. The van der Waals surface area contributed by atoms with Gasteiger partial charge in [0.1, 0.15) is 0 Å². The summed E-state index contributed by atoms with van der Waals surface area (Å²) in [5.74, 6) is 1.12. The van der Waals surface area contributed by atoms with Gasteiger partial charge in [-0.25, -0.2) is 4.79 Å². The van der Waals surface area contributed by atoms with Crippen LogP contribution in [0.15, 0.2) is 0 Å². The van der Waals surface area contributed by atoms with Crippen LogP contribution in [-0.2, 0) is 4.79 Å². The van der Waals surface area contributed by atoms with E-state index >= 15 is 0 Å². The van der Waals surface area contributed by atoms with Gasteiger partial charge in [-0.15, -0.1) is 6.42 Å². The summed E-state index contributed by atoms with van der Waals surface area (Å²) in [7, 11) is 0. The molecule has 0 radical (unpaired) electrons. The number of terminal acetylenes is 1. The Bertz CT molecular complexity index is 370. The number of likely N-dealkylation sites (tertiary alicyclic amines) is 1. The van der Waals surface area contributed by atoms with Gasteiger partial charge >= 0.3 is 12.0 Å². The number of hydrogen-bond acceptors (Lipinski definition) is 2. The summed E-state index contributed by atoms with van der Waals surface area (Å²) in [6.07, 6.45) is 5.77. The van der Waals surface area contributed by atoms with Gasteiger partial charge in [0.05, 0.1) is 11.5 Å². The fourth-order valence-electron chi connectivity index (χ4n) is 1.93. The number of carbonyl (C=O) groups is 2. The highest BCUT2D eigenvalue weighted by atomic mass is 16.4. The van der Waals surface area contributed by atoms with Crippen LogP contribution in [0.2, 0.25) is 0 Å². The highest BCUT2D eigenvalue weighted by Gasteiger charge is 2.38. The van der Waals surface area contributed by atoms with Gasteiger partial charge in [-0.1, -0.05) is 5.92 Å². The van der Waals surface area contributed by atoms with E-state index in [0.29, 0.717) is 13.0 Å². The highest BCUT2D eigenvalue weighted by molar-refractivity contribution is 5.79. The molecule has 0 aromatic carbocycles. The number of carboxylic acids is 1. The largest absolute Gasteiger partial charge is 0.481 e. The minimum atomic E-state index is -0.857. The van der Waals surface area contributed by atoms with E-state index in [1.54, 1.807) is 20.8 Å². The molecule has 1 aliphatic rings. The third kappa shape index (κ3) is 2.90. The molecule has 2 unspecified atom stereocenters. The van der Waals surface area contributed by atoms with Gasteiger partial charge in [-0.3, -0.25) is 4.79 Å². The minimum absolute atomic E-state index is 0.302. The average molecular weight is 238 g/mol. The standard InChI is InChI=1S/C12H18N2O3/c1-5-12(3,4)13-11(17)14-7-6-9(8(14)2)10(15)16/h1,8-9H,6-7H2,2-4H3,(H,13,17)(H,15,16). The number of rotatable bonds is 2. The van der Waals surface area contributed by atoms with E-state index in [-0.39, 0.29) is 12.1 Å². The first-order chi connectivity index (χ1) is 7.78. The number of hydrogen-bond donors (Lipinski definition) is 2. The molecule has 1 heterocycles. The van der Waals surface area contributed by atoms with Crippen LogP contribution in [0, 0.1) is 18.3 Å². The Labute approximate surface area is 101 Å². The summed E-state index contributed by atoms with van der Waals surface area (Å²) < 4.78 is 0. The van der Waals surface area contributed by atoms with Crippen molar-refractivity contribution in [1.82, 2.24) is 10.2 Å².